The van der Waals surface area contributed by atoms with Crippen LogP contribution in [0.3, 0.4) is 0 Å². The summed E-state index contributed by atoms with van der Waals surface area (Å²) in [5.41, 5.74) is 2.47. The summed E-state index contributed by atoms with van der Waals surface area (Å²) in [6.07, 6.45) is 11.3. The molecular weight excluding hydrogens is 464 g/mol. The molecule has 3 fully saturated rings. The van der Waals surface area contributed by atoms with E-state index in [-0.39, 0.29) is 11.9 Å². The first-order valence-corrected chi connectivity index (χ1v) is 14.3. The molecule has 1 aliphatic carbocycles. The first kappa shape index (κ1) is 26.5. The van der Waals surface area contributed by atoms with Crippen LogP contribution in [0, 0.1) is 18.3 Å². The van der Waals surface area contributed by atoms with Crippen molar-refractivity contribution in [3.8, 4) is 0 Å². The summed E-state index contributed by atoms with van der Waals surface area (Å²) in [4.78, 5) is 18.0. The lowest BCUT2D eigenvalue weighted by Gasteiger charge is -2.49. The number of piperidine rings is 1. The molecule has 0 atom stereocenters. The standard InChI is InChI=1S/C31H44N2O4/c1-24-9-11-26(12-10-24)33(29(34)28-8-7-21-35-28)27-13-18-32(19-14-27)20-17-31(15-5-4-6-16-31)25-22-36-30(2,3)37-23-25/h7-12,21,25,27H,4-6,13-20,22-23H2,1-3H3. The van der Waals surface area contributed by atoms with E-state index in [1.165, 1.54) is 44.1 Å². The van der Waals surface area contributed by atoms with Gasteiger partial charge in [0.05, 0.1) is 19.5 Å². The Labute approximate surface area is 222 Å². The van der Waals surface area contributed by atoms with Crippen molar-refractivity contribution in [2.24, 2.45) is 11.3 Å². The number of carbonyl (C=O) groups excluding carboxylic acids is 1. The second-order valence-corrected chi connectivity index (χ2v) is 12.0. The first-order chi connectivity index (χ1) is 17.9. The van der Waals surface area contributed by atoms with Gasteiger partial charge >= 0.3 is 0 Å². The van der Waals surface area contributed by atoms with Gasteiger partial charge in [0.2, 0.25) is 0 Å². The predicted octanol–water partition coefficient (Wildman–Crippen LogP) is 6.44. The topological polar surface area (TPSA) is 55.2 Å². The Morgan fingerprint density at radius 3 is 2.30 bits per heavy atom. The van der Waals surface area contributed by atoms with Crippen molar-refractivity contribution in [3.63, 3.8) is 0 Å². The second kappa shape index (κ2) is 11.3. The van der Waals surface area contributed by atoms with Crippen molar-refractivity contribution >= 4 is 11.6 Å². The fraction of sp³-hybridized carbons (Fsp3) is 0.645. The smallest absolute Gasteiger partial charge is 0.294 e. The van der Waals surface area contributed by atoms with E-state index in [1.807, 2.05) is 18.7 Å². The van der Waals surface area contributed by atoms with Crippen LogP contribution in [0.2, 0.25) is 0 Å². The van der Waals surface area contributed by atoms with E-state index in [0.29, 0.717) is 17.1 Å². The molecule has 3 aliphatic rings. The average Bonchev–Trinajstić information content (AvgIpc) is 3.45. The average molecular weight is 509 g/mol. The number of likely N-dealkylation sites (tertiary alicyclic amines) is 1. The van der Waals surface area contributed by atoms with E-state index in [0.717, 1.165) is 51.4 Å². The maximum atomic E-state index is 13.5. The monoisotopic (exact) mass is 508 g/mol. The molecule has 0 spiro atoms. The van der Waals surface area contributed by atoms with Crippen molar-refractivity contribution in [3.05, 3.63) is 54.0 Å². The minimum Gasteiger partial charge on any atom is -0.459 e. The van der Waals surface area contributed by atoms with E-state index < -0.39 is 5.79 Å². The summed E-state index contributed by atoms with van der Waals surface area (Å²) < 4.78 is 17.7. The number of anilines is 1. The number of rotatable bonds is 7. The van der Waals surface area contributed by atoms with Gasteiger partial charge in [-0.15, -0.1) is 0 Å². The molecule has 1 amide bonds. The Kier molecular flexibility index (Phi) is 8.08. The molecule has 0 N–H and O–H groups in total. The highest BCUT2D eigenvalue weighted by Crippen LogP contribution is 2.47. The molecule has 2 aliphatic heterocycles. The fourth-order valence-corrected chi connectivity index (χ4v) is 6.66. The second-order valence-electron chi connectivity index (χ2n) is 12.0. The van der Waals surface area contributed by atoms with Crippen molar-refractivity contribution in [2.45, 2.75) is 84.0 Å². The molecule has 6 nitrogen and oxygen atoms in total. The van der Waals surface area contributed by atoms with Crippen LogP contribution < -0.4 is 4.90 Å². The third-order valence-corrected chi connectivity index (χ3v) is 9.09. The van der Waals surface area contributed by atoms with E-state index in [4.69, 9.17) is 13.9 Å². The lowest BCUT2D eigenvalue weighted by atomic mass is 9.64. The van der Waals surface area contributed by atoms with Gasteiger partial charge in [0.15, 0.2) is 11.5 Å². The maximum absolute atomic E-state index is 13.5. The fourth-order valence-electron chi connectivity index (χ4n) is 6.66. The largest absolute Gasteiger partial charge is 0.459 e. The number of aryl methyl sites for hydroxylation is 1. The quantitative estimate of drug-likeness (QED) is 0.431. The van der Waals surface area contributed by atoms with Crippen molar-refractivity contribution in [2.75, 3.05) is 37.7 Å². The number of hydrogen-bond donors (Lipinski definition) is 0. The van der Waals surface area contributed by atoms with Crippen LogP contribution >= 0.6 is 0 Å². The van der Waals surface area contributed by atoms with Gasteiger partial charge in [0.25, 0.3) is 5.91 Å². The summed E-state index contributed by atoms with van der Waals surface area (Å²) in [5.74, 6) is 0.391. The molecule has 1 aromatic heterocycles. The maximum Gasteiger partial charge on any atom is 0.294 e. The van der Waals surface area contributed by atoms with Gasteiger partial charge in [-0.1, -0.05) is 37.0 Å². The third-order valence-electron chi connectivity index (χ3n) is 9.09. The molecule has 1 saturated carbocycles. The zero-order chi connectivity index (χ0) is 25.9. The van der Waals surface area contributed by atoms with E-state index in [2.05, 4.69) is 36.1 Å². The van der Waals surface area contributed by atoms with Crippen LogP contribution in [0.1, 0.15) is 81.3 Å². The van der Waals surface area contributed by atoms with Crippen LogP contribution in [-0.2, 0) is 9.47 Å². The molecule has 202 valence electrons. The van der Waals surface area contributed by atoms with Crippen LogP contribution in [0.15, 0.2) is 47.1 Å². The van der Waals surface area contributed by atoms with Crippen LogP contribution in [-0.4, -0.2) is 55.5 Å². The number of carbonyl (C=O) groups is 1. The van der Waals surface area contributed by atoms with Crippen molar-refractivity contribution in [1.82, 2.24) is 4.90 Å². The number of furan rings is 1. The number of nitrogens with zero attached hydrogens (tertiary/aromatic N) is 2. The third kappa shape index (κ3) is 6.13. The summed E-state index contributed by atoms with van der Waals surface area (Å²) >= 11 is 0. The molecule has 1 aromatic carbocycles. The van der Waals surface area contributed by atoms with E-state index in [1.54, 1.807) is 18.4 Å². The molecule has 2 aromatic rings. The number of amides is 1. The highest BCUT2D eigenvalue weighted by Gasteiger charge is 2.44. The van der Waals surface area contributed by atoms with E-state index in [9.17, 15) is 4.79 Å². The molecule has 0 unspecified atom stereocenters. The lowest BCUT2D eigenvalue weighted by molar-refractivity contribution is -0.278. The lowest BCUT2D eigenvalue weighted by Crippen LogP contribution is -2.50. The molecule has 37 heavy (non-hydrogen) atoms. The summed E-state index contributed by atoms with van der Waals surface area (Å²) in [6, 6.07) is 12.0. The zero-order valence-corrected chi connectivity index (χ0v) is 22.9. The number of benzene rings is 1. The molecule has 3 heterocycles. The Morgan fingerprint density at radius 1 is 1.00 bits per heavy atom. The van der Waals surface area contributed by atoms with Crippen molar-refractivity contribution < 1.29 is 18.7 Å². The molecular formula is C31H44N2O4. The minimum absolute atomic E-state index is 0.0475. The summed E-state index contributed by atoms with van der Waals surface area (Å²) in [6.45, 7) is 10.9. The Bertz CT molecular complexity index is 992. The predicted molar refractivity (Wildman–Crippen MR) is 146 cm³/mol. The summed E-state index contributed by atoms with van der Waals surface area (Å²) in [7, 11) is 0. The van der Waals surface area contributed by atoms with Gasteiger partial charge in [-0.05, 0) is 89.1 Å². The Morgan fingerprint density at radius 2 is 1.68 bits per heavy atom. The molecule has 0 radical (unpaired) electrons. The highest BCUT2D eigenvalue weighted by molar-refractivity contribution is 6.04. The Hall–Kier alpha value is -2.15. The number of ether oxygens (including phenoxy) is 2. The molecule has 6 heteroatoms. The van der Waals surface area contributed by atoms with Crippen LogP contribution in [0.5, 0.6) is 0 Å². The van der Waals surface area contributed by atoms with Gasteiger partial charge < -0.3 is 23.7 Å². The first-order valence-electron chi connectivity index (χ1n) is 14.3. The number of hydrogen-bond acceptors (Lipinski definition) is 5. The molecule has 2 saturated heterocycles. The SMILES string of the molecule is Cc1ccc(N(C(=O)c2ccco2)C2CCN(CCC3(C4COC(C)(C)OC4)CCCCC3)CC2)cc1. The van der Waals surface area contributed by atoms with Gasteiger partial charge in [-0.3, -0.25) is 4.79 Å². The van der Waals surface area contributed by atoms with Gasteiger partial charge in [0.1, 0.15) is 0 Å². The Balaban J connectivity index is 1.22. The van der Waals surface area contributed by atoms with Crippen LogP contribution in [0.4, 0.5) is 5.69 Å². The van der Waals surface area contributed by atoms with Gasteiger partial charge in [0, 0.05) is 30.7 Å². The molecule has 0 bridgehead atoms. The molecule has 5 rings (SSSR count). The minimum atomic E-state index is -0.454. The zero-order valence-electron chi connectivity index (χ0n) is 22.9. The summed E-state index contributed by atoms with van der Waals surface area (Å²) in [5, 5.41) is 0. The highest BCUT2D eigenvalue weighted by atomic mass is 16.7. The normalized spacial score (nSPS) is 23.1. The van der Waals surface area contributed by atoms with Gasteiger partial charge in [-0.2, -0.15) is 0 Å². The van der Waals surface area contributed by atoms with Crippen LogP contribution in [0.25, 0.3) is 0 Å². The van der Waals surface area contributed by atoms with E-state index >= 15 is 0 Å². The van der Waals surface area contributed by atoms with Crippen molar-refractivity contribution in [1.29, 1.82) is 0 Å². The van der Waals surface area contributed by atoms with Gasteiger partial charge in [-0.25, -0.2) is 0 Å².